The van der Waals surface area contributed by atoms with E-state index in [9.17, 15) is 0 Å². The summed E-state index contributed by atoms with van der Waals surface area (Å²) in [7, 11) is 0. The van der Waals surface area contributed by atoms with E-state index >= 15 is 0 Å². The number of unbranched alkanes of at least 4 members (excludes halogenated alkanes) is 4. The van der Waals surface area contributed by atoms with E-state index in [0.29, 0.717) is 6.04 Å². The Balaban J connectivity index is 2.17. The van der Waals surface area contributed by atoms with Gasteiger partial charge in [-0.25, -0.2) is 0 Å². The molecule has 1 heterocycles. The lowest BCUT2D eigenvalue weighted by atomic mass is 10.0. The monoisotopic (exact) mass is 209 g/mol. The average Bonchev–Trinajstić information content (AvgIpc) is 2.69. The number of hydrogen-bond donors (Lipinski definition) is 0. The second-order valence-corrected chi connectivity index (χ2v) is 4.26. The Kier molecular flexibility index (Phi) is 6.21. The third-order valence-corrected chi connectivity index (χ3v) is 2.87. The van der Waals surface area contributed by atoms with E-state index in [2.05, 4.69) is 29.3 Å². The van der Waals surface area contributed by atoms with E-state index in [1.165, 1.54) is 44.2 Å². The molecule has 1 aliphatic heterocycles. The minimum atomic E-state index is 0.312. The molecule has 86 valence electrons. The largest absolute Gasteiger partial charge is 0.159 e. The number of rotatable bonds is 8. The summed E-state index contributed by atoms with van der Waals surface area (Å²) in [6, 6.07) is 0.312. The van der Waals surface area contributed by atoms with Crippen LogP contribution in [-0.4, -0.2) is 11.8 Å². The average molecular weight is 209 g/mol. The highest BCUT2D eigenvalue weighted by Gasteiger charge is 2.18. The van der Waals surface area contributed by atoms with Crippen LogP contribution in [0.1, 0.15) is 65.2 Å². The van der Waals surface area contributed by atoms with Crippen molar-refractivity contribution in [3.05, 3.63) is 0 Å². The molecule has 1 atom stereocenters. The summed E-state index contributed by atoms with van der Waals surface area (Å²) in [5.41, 5.74) is 1.22. The van der Waals surface area contributed by atoms with E-state index in [1.807, 2.05) is 0 Å². The van der Waals surface area contributed by atoms with Crippen molar-refractivity contribution in [1.29, 1.82) is 0 Å². The minimum absolute atomic E-state index is 0.312. The molecule has 0 aromatic heterocycles. The molecule has 0 spiro atoms. The van der Waals surface area contributed by atoms with Crippen LogP contribution in [0.25, 0.3) is 0 Å². The fourth-order valence-electron chi connectivity index (χ4n) is 1.85. The second kappa shape index (κ2) is 7.55. The zero-order valence-electron chi connectivity index (χ0n) is 10.1. The molecule has 0 N–H and O–H groups in total. The van der Waals surface area contributed by atoms with E-state index in [4.69, 9.17) is 0 Å². The first kappa shape index (κ1) is 12.3. The Morgan fingerprint density at radius 3 is 2.53 bits per heavy atom. The lowest BCUT2D eigenvalue weighted by Gasteiger charge is -2.08. The maximum absolute atomic E-state index is 4.17. The SMILES string of the molecule is CCCCCCC1=NN=NC1CCCC. The van der Waals surface area contributed by atoms with E-state index in [1.54, 1.807) is 0 Å². The molecule has 0 aromatic rings. The van der Waals surface area contributed by atoms with Crippen LogP contribution in [0.5, 0.6) is 0 Å². The summed E-state index contributed by atoms with van der Waals surface area (Å²) in [5.74, 6) is 0. The molecule has 1 unspecified atom stereocenters. The normalized spacial score (nSPS) is 19.6. The van der Waals surface area contributed by atoms with Crippen LogP contribution >= 0.6 is 0 Å². The Labute approximate surface area is 93.1 Å². The molecule has 0 radical (unpaired) electrons. The van der Waals surface area contributed by atoms with Gasteiger partial charge in [-0.1, -0.05) is 46.0 Å². The Hall–Kier alpha value is -0.730. The third-order valence-electron chi connectivity index (χ3n) is 2.87. The van der Waals surface area contributed by atoms with Crippen molar-refractivity contribution in [1.82, 2.24) is 0 Å². The Bertz CT molecular complexity index is 221. The van der Waals surface area contributed by atoms with Crippen molar-refractivity contribution in [2.24, 2.45) is 15.4 Å². The van der Waals surface area contributed by atoms with Crippen molar-refractivity contribution < 1.29 is 0 Å². The van der Waals surface area contributed by atoms with Crippen molar-refractivity contribution in [3.63, 3.8) is 0 Å². The van der Waals surface area contributed by atoms with Crippen LogP contribution in [0.15, 0.2) is 15.4 Å². The highest BCUT2D eigenvalue weighted by molar-refractivity contribution is 5.90. The minimum Gasteiger partial charge on any atom is -0.159 e. The lowest BCUT2D eigenvalue weighted by molar-refractivity contribution is 0.646. The standard InChI is InChI=1S/C12H23N3/c1-3-5-7-8-10-12-11(9-6-4-2)13-15-14-12/h11H,3-10H2,1-2H3. The molecule has 0 saturated carbocycles. The van der Waals surface area contributed by atoms with Gasteiger partial charge >= 0.3 is 0 Å². The predicted molar refractivity (Wildman–Crippen MR) is 64.4 cm³/mol. The van der Waals surface area contributed by atoms with Crippen LogP contribution in [0.2, 0.25) is 0 Å². The van der Waals surface area contributed by atoms with Gasteiger partial charge in [-0.15, -0.1) is 5.10 Å². The molecule has 1 aliphatic rings. The summed E-state index contributed by atoms with van der Waals surface area (Å²) < 4.78 is 0. The van der Waals surface area contributed by atoms with Gasteiger partial charge in [-0.05, 0) is 24.5 Å². The van der Waals surface area contributed by atoms with Crippen LogP contribution in [0, 0.1) is 0 Å². The quantitative estimate of drug-likeness (QED) is 0.533. The van der Waals surface area contributed by atoms with Crippen LogP contribution < -0.4 is 0 Å². The smallest absolute Gasteiger partial charge is 0.113 e. The third kappa shape index (κ3) is 4.54. The highest BCUT2D eigenvalue weighted by Crippen LogP contribution is 2.17. The molecular formula is C12H23N3. The van der Waals surface area contributed by atoms with Crippen molar-refractivity contribution in [2.45, 2.75) is 71.3 Å². The van der Waals surface area contributed by atoms with Gasteiger partial charge < -0.3 is 0 Å². The summed E-state index contributed by atoms with van der Waals surface area (Å²) in [5, 5.41) is 12.1. The first-order valence-electron chi connectivity index (χ1n) is 6.35. The second-order valence-electron chi connectivity index (χ2n) is 4.26. The number of hydrogen-bond acceptors (Lipinski definition) is 3. The maximum Gasteiger partial charge on any atom is 0.113 e. The summed E-state index contributed by atoms with van der Waals surface area (Å²) in [6.07, 6.45) is 9.89. The summed E-state index contributed by atoms with van der Waals surface area (Å²) in [4.78, 5) is 0. The summed E-state index contributed by atoms with van der Waals surface area (Å²) >= 11 is 0. The van der Waals surface area contributed by atoms with Gasteiger partial charge in [0.2, 0.25) is 0 Å². The van der Waals surface area contributed by atoms with Crippen molar-refractivity contribution in [3.8, 4) is 0 Å². The molecular weight excluding hydrogens is 186 g/mol. The highest BCUT2D eigenvalue weighted by atomic mass is 15.4. The molecule has 0 aromatic carbocycles. The van der Waals surface area contributed by atoms with Gasteiger partial charge in [0.1, 0.15) is 6.04 Å². The maximum atomic E-state index is 4.17. The molecule has 0 fully saturated rings. The van der Waals surface area contributed by atoms with Crippen LogP contribution in [-0.2, 0) is 0 Å². The zero-order chi connectivity index (χ0) is 10.9. The van der Waals surface area contributed by atoms with Gasteiger partial charge in [-0.2, -0.15) is 5.11 Å². The van der Waals surface area contributed by atoms with Crippen LogP contribution in [0.4, 0.5) is 0 Å². The molecule has 3 heteroatoms. The van der Waals surface area contributed by atoms with E-state index in [-0.39, 0.29) is 0 Å². The van der Waals surface area contributed by atoms with E-state index < -0.39 is 0 Å². The molecule has 0 bridgehead atoms. The van der Waals surface area contributed by atoms with E-state index in [0.717, 1.165) is 12.8 Å². The Morgan fingerprint density at radius 1 is 1.00 bits per heavy atom. The lowest BCUT2D eigenvalue weighted by Crippen LogP contribution is -2.15. The molecule has 1 rings (SSSR count). The van der Waals surface area contributed by atoms with Gasteiger partial charge in [0.05, 0.1) is 5.71 Å². The molecule has 0 amide bonds. The molecule has 0 aliphatic carbocycles. The first-order chi connectivity index (χ1) is 7.38. The Morgan fingerprint density at radius 2 is 1.80 bits per heavy atom. The summed E-state index contributed by atoms with van der Waals surface area (Å²) in [6.45, 7) is 4.45. The van der Waals surface area contributed by atoms with Gasteiger partial charge in [0.15, 0.2) is 0 Å². The first-order valence-corrected chi connectivity index (χ1v) is 6.35. The fraction of sp³-hybridized carbons (Fsp3) is 0.917. The molecule has 3 nitrogen and oxygen atoms in total. The number of nitrogens with zero attached hydrogens (tertiary/aromatic N) is 3. The topological polar surface area (TPSA) is 37.1 Å². The van der Waals surface area contributed by atoms with Crippen molar-refractivity contribution in [2.75, 3.05) is 0 Å². The van der Waals surface area contributed by atoms with Gasteiger partial charge in [0.25, 0.3) is 0 Å². The van der Waals surface area contributed by atoms with Crippen LogP contribution in [0.3, 0.4) is 0 Å². The molecule has 15 heavy (non-hydrogen) atoms. The predicted octanol–water partition coefficient (Wildman–Crippen LogP) is 4.34. The fourth-order valence-corrected chi connectivity index (χ4v) is 1.85. The molecule has 0 saturated heterocycles. The van der Waals surface area contributed by atoms with Gasteiger partial charge in [0, 0.05) is 0 Å². The zero-order valence-corrected chi connectivity index (χ0v) is 10.1. The van der Waals surface area contributed by atoms with Gasteiger partial charge in [-0.3, -0.25) is 0 Å². The van der Waals surface area contributed by atoms with Crippen molar-refractivity contribution >= 4 is 5.71 Å².